The van der Waals surface area contributed by atoms with Gasteiger partial charge in [0.05, 0.1) is 11.6 Å². The molecule has 2 aromatic rings. The highest BCUT2D eigenvalue weighted by molar-refractivity contribution is 5.94. The molecule has 26 heavy (non-hydrogen) atoms. The molecular weight excluding hydrogens is 333 g/mol. The van der Waals surface area contributed by atoms with Gasteiger partial charge in [-0.2, -0.15) is 0 Å². The Hall–Kier alpha value is -2.47. The molecule has 1 heterocycles. The van der Waals surface area contributed by atoms with Gasteiger partial charge in [-0.3, -0.25) is 4.79 Å². The molecule has 1 atom stereocenters. The summed E-state index contributed by atoms with van der Waals surface area (Å²) < 4.78 is 19.1. The van der Waals surface area contributed by atoms with E-state index in [-0.39, 0.29) is 17.8 Å². The number of halogens is 1. The molecule has 0 radical (unpaired) electrons. The van der Waals surface area contributed by atoms with Crippen LogP contribution in [-0.4, -0.2) is 43.0 Å². The summed E-state index contributed by atoms with van der Waals surface area (Å²) in [6, 6.07) is 8.03. The topological polar surface area (TPSA) is 54.5 Å². The molecule has 3 rings (SSSR count). The molecule has 0 bridgehead atoms. The van der Waals surface area contributed by atoms with E-state index >= 15 is 0 Å². The van der Waals surface area contributed by atoms with Crippen LogP contribution in [0.1, 0.15) is 40.4 Å². The Labute approximate surface area is 153 Å². The molecule has 1 aromatic heterocycles. The Morgan fingerprint density at radius 3 is 2.92 bits per heavy atom. The maximum atomic E-state index is 13.6. The lowest BCUT2D eigenvalue weighted by Crippen LogP contribution is -2.31. The predicted molar refractivity (Wildman–Crippen MR) is 97.8 cm³/mol. The van der Waals surface area contributed by atoms with E-state index in [1.165, 1.54) is 18.3 Å². The molecule has 0 unspecified atom stereocenters. The van der Waals surface area contributed by atoms with Gasteiger partial charge in [0, 0.05) is 18.8 Å². The summed E-state index contributed by atoms with van der Waals surface area (Å²) in [5.41, 5.74) is 2.44. The summed E-state index contributed by atoms with van der Waals surface area (Å²) in [5, 5.41) is 3.00. The van der Waals surface area contributed by atoms with Crippen molar-refractivity contribution in [2.75, 3.05) is 27.2 Å². The number of rotatable bonds is 6. The lowest BCUT2D eigenvalue weighted by molar-refractivity contribution is 0.0932. The minimum absolute atomic E-state index is 0.169. The van der Waals surface area contributed by atoms with Crippen molar-refractivity contribution in [3.63, 3.8) is 0 Å². The summed E-state index contributed by atoms with van der Waals surface area (Å²) in [7, 11) is 3.94. The molecule has 0 saturated carbocycles. The zero-order valence-corrected chi connectivity index (χ0v) is 15.2. The van der Waals surface area contributed by atoms with Crippen LogP contribution in [0.15, 0.2) is 36.5 Å². The number of benzene rings is 1. The van der Waals surface area contributed by atoms with E-state index < -0.39 is 0 Å². The SMILES string of the molecule is CN(C)CCOc1ccc(C(=O)N[C@@H]2CCCc3ccc(F)cc32)cn1. The van der Waals surface area contributed by atoms with Gasteiger partial charge in [0.25, 0.3) is 5.91 Å². The van der Waals surface area contributed by atoms with Gasteiger partial charge in [-0.25, -0.2) is 9.37 Å². The van der Waals surface area contributed by atoms with Crippen LogP contribution in [0.4, 0.5) is 4.39 Å². The maximum Gasteiger partial charge on any atom is 0.253 e. The molecule has 1 aromatic carbocycles. The van der Waals surface area contributed by atoms with Gasteiger partial charge in [0.1, 0.15) is 12.4 Å². The smallest absolute Gasteiger partial charge is 0.253 e. The number of aryl methyl sites for hydroxylation is 1. The molecule has 0 fully saturated rings. The number of pyridine rings is 1. The second-order valence-electron chi connectivity index (χ2n) is 6.80. The Morgan fingerprint density at radius 1 is 1.35 bits per heavy atom. The number of ether oxygens (including phenoxy) is 1. The fourth-order valence-electron chi connectivity index (χ4n) is 3.09. The highest BCUT2D eigenvalue weighted by Gasteiger charge is 2.23. The van der Waals surface area contributed by atoms with Gasteiger partial charge in [-0.1, -0.05) is 6.07 Å². The summed E-state index contributed by atoms with van der Waals surface area (Å²) in [6.07, 6.45) is 4.21. The van der Waals surface area contributed by atoms with Gasteiger partial charge < -0.3 is 15.0 Å². The van der Waals surface area contributed by atoms with Gasteiger partial charge >= 0.3 is 0 Å². The highest BCUT2D eigenvalue weighted by atomic mass is 19.1. The van der Waals surface area contributed by atoms with Crippen molar-refractivity contribution < 1.29 is 13.9 Å². The van der Waals surface area contributed by atoms with E-state index in [1.807, 2.05) is 25.1 Å². The number of hydrogen-bond donors (Lipinski definition) is 1. The standard InChI is InChI=1S/C20H24FN3O2/c1-24(2)10-11-26-19-9-7-15(13-22-19)20(25)23-18-5-3-4-14-6-8-16(21)12-17(14)18/h6-9,12-13,18H,3-5,10-11H2,1-2H3,(H,23,25)/t18-/m1/s1. The first-order valence-corrected chi connectivity index (χ1v) is 8.85. The van der Waals surface area contributed by atoms with Crippen molar-refractivity contribution in [1.29, 1.82) is 0 Å². The number of nitrogens with one attached hydrogen (secondary N) is 1. The lowest BCUT2D eigenvalue weighted by Gasteiger charge is -2.26. The van der Waals surface area contributed by atoms with Crippen LogP contribution in [0, 0.1) is 5.82 Å². The van der Waals surface area contributed by atoms with Crippen molar-refractivity contribution in [3.05, 3.63) is 59.0 Å². The summed E-state index contributed by atoms with van der Waals surface area (Å²) >= 11 is 0. The van der Waals surface area contributed by atoms with Crippen LogP contribution >= 0.6 is 0 Å². The Balaban J connectivity index is 1.63. The van der Waals surface area contributed by atoms with Crippen LogP contribution in [0.25, 0.3) is 0 Å². The van der Waals surface area contributed by atoms with Gasteiger partial charge in [-0.05, 0) is 62.7 Å². The minimum Gasteiger partial charge on any atom is -0.476 e. The number of fused-ring (bicyclic) bond motifs is 1. The Morgan fingerprint density at radius 2 is 2.19 bits per heavy atom. The van der Waals surface area contributed by atoms with E-state index in [0.29, 0.717) is 18.1 Å². The van der Waals surface area contributed by atoms with Crippen LogP contribution in [0.2, 0.25) is 0 Å². The zero-order valence-electron chi connectivity index (χ0n) is 15.2. The maximum absolute atomic E-state index is 13.6. The molecule has 0 aliphatic heterocycles. The second-order valence-corrected chi connectivity index (χ2v) is 6.80. The normalized spacial score (nSPS) is 16.2. The molecular formula is C20H24FN3O2. The average Bonchev–Trinajstić information content (AvgIpc) is 2.62. The van der Waals surface area contributed by atoms with Crippen molar-refractivity contribution in [2.45, 2.75) is 25.3 Å². The predicted octanol–water partition coefficient (Wildman–Crippen LogP) is 2.97. The van der Waals surface area contributed by atoms with E-state index in [0.717, 1.165) is 36.9 Å². The number of carbonyl (C=O) groups is 1. The Bertz CT molecular complexity index is 762. The van der Waals surface area contributed by atoms with Crippen LogP contribution in [-0.2, 0) is 6.42 Å². The number of aromatic nitrogens is 1. The first-order valence-electron chi connectivity index (χ1n) is 8.85. The summed E-state index contributed by atoms with van der Waals surface area (Å²) in [4.78, 5) is 18.7. The van der Waals surface area contributed by atoms with Gasteiger partial charge in [0.2, 0.25) is 5.88 Å². The molecule has 1 N–H and O–H groups in total. The highest BCUT2D eigenvalue weighted by Crippen LogP contribution is 2.30. The third-order valence-electron chi connectivity index (χ3n) is 4.51. The van der Waals surface area contributed by atoms with Gasteiger partial charge in [-0.15, -0.1) is 0 Å². The third-order valence-corrected chi connectivity index (χ3v) is 4.51. The summed E-state index contributed by atoms with van der Waals surface area (Å²) in [6.45, 7) is 1.33. The monoisotopic (exact) mass is 357 g/mol. The van der Waals surface area contributed by atoms with Crippen LogP contribution in [0.3, 0.4) is 0 Å². The third kappa shape index (κ3) is 4.58. The fraction of sp³-hybridized carbons (Fsp3) is 0.400. The molecule has 0 saturated heterocycles. The second kappa shape index (κ2) is 8.27. The van der Waals surface area contributed by atoms with Crippen molar-refractivity contribution in [2.24, 2.45) is 0 Å². The van der Waals surface area contributed by atoms with E-state index in [9.17, 15) is 9.18 Å². The van der Waals surface area contributed by atoms with Crippen LogP contribution in [0.5, 0.6) is 5.88 Å². The number of amides is 1. The minimum atomic E-state index is -0.272. The van der Waals surface area contributed by atoms with E-state index in [2.05, 4.69) is 10.3 Å². The van der Waals surface area contributed by atoms with E-state index in [4.69, 9.17) is 4.74 Å². The van der Waals surface area contributed by atoms with E-state index in [1.54, 1.807) is 12.1 Å². The molecule has 1 amide bonds. The molecule has 0 spiro atoms. The number of likely N-dealkylation sites (N-methyl/N-ethyl adjacent to an activating group) is 1. The molecule has 5 nitrogen and oxygen atoms in total. The van der Waals surface area contributed by atoms with Crippen molar-refractivity contribution in [3.8, 4) is 5.88 Å². The molecule has 1 aliphatic carbocycles. The molecule has 1 aliphatic rings. The molecule has 138 valence electrons. The van der Waals surface area contributed by atoms with Crippen molar-refractivity contribution >= 4 is 5.91 Å². The number of carbonyl (C=O) groups excluding carboxylic acids is 1. The largest absolute Gasteiger partial charge is 0.476 e. The first kappa shape index (κ1) is 18.3. The quantitative estimate of drug-likeness (QED) is 0.864. The Kier molecular flexibility index (Phi) is 5.83. The van der Waals surface area contributed by atoms with Gasteiger partial charge in [0.15, 0.2) is 0 Å². The zero-order chi connectivity index (χ0) is 18.5. The average molecular weight is 357 g/mol. The first-order chi connectivity index (χ1) is 12.5. The van der Waals surface area contributed by atoms with Crippen LogP contribution < -0.4 is 10.1 Å². The summed E-state index contributed by atoms with van der Waals surface area (Å²) in [5.74, 6) is 0.0127. The number of nitrogens with zero attached hydrogens (tertiary/aromatic N) is 2. The lowest BCUT2D eigenvalue weighted by atomic mass is 9.87. The number of hydrogen-bond acceptors (Lipinski definition) is 4. The fourth-order valence-corrected chi connectivity index (χ4v) is 3.09. The van der Waals surface area contributed by atoms with Crippen molar-refractivity contribution in [1.82, 2.24) is 15.2 Å². The molecule has 6 heteroatoms.